The Hall–Kier alpha value is -2.80. The lowest BCUT2D eigenvalue weighted by Gasteiger charge is -2.15. The van der Waals surface area contributed by atoms with E-state index < -0.39 is 0 Å². The van der Waals surface area contributed by atoms with Crippen molar-refractivity contribution in [2.24, 2.45) is 0 Å². The normalized spacial score (nSPS) is 13.8. The van der Waals surface area contributed by atoms with Crippen molar-refractivity contribution in [3.05, 3.63) is 59.7 Å². The van der Waals surface area contributed by atoms with E-state index in [0.29, 0.717) is 17.9 Å². The largest absolute Gasteiger partial charge is 0.351 e. The predicted molar refractivity (Wildman–Crippen MR) is 110 cm³/mol. The van der Waals surface area contributed by atoms with Crippen molar-refractivity contribution in [2.45, 2.75) is 24.5 Å². The van der Waals surface area contributed by atoms with E-state index in [1.165, 1.54) is 11.8 Å². The summed E-state index contributed by atoms with van der Waals surface area (Å²) in [6.07, 6.45) is 2.17. The molecule has 0 saturated carbocycles. The molecule has 1 aliphatic heterocycles. The molecule has 0 bridgehead atoms. The number of para-hydroxylation sites is 2. The first-order valence-electron chi connectivity index (χ1n) is 9.41. The average molecular weight is 395 g/mol. The summed E-state index contributed by atoms with van der Waals surface area (Å²) in [5.41, 5.74) is 3.54. The third-order valence-electron chi connectivity index (χ3n) is 4.79. The zero-order chi connectivity index (χ0) is 19.3. The van der Waals surface area contributed by atoms with Gasteiger partial charge in [0.25, 0.3) is 5.91 Å². The standard InChI is InChI=1S/C21H22N4O2S/c26-19(14-28-21-23-17-5-1-2-6-18(17)24-21)22-13-15-7-9-16(10-8-15)20(27)25-11-3-4-12-25/h1-2,5-10H,3-4,11-14H2,(H,22,26)(H,23,24). The highest BCUT2D eigenvalue weighted by Gasteiger charge is 2.19. The number of carbonyl (C=O) groups is 2. The molecule has 1 saturated heterocycles. The van der Waals surface area contributed by atoms with Crippen LogP contribution in [-0.2, 0) is 11.3 Å². The van der Waals surface area contributed by atoms with Crippen molar-refractivity contribution in [3.63, 3.8) is 0 Å². The summed E-state index contributed by atoms with van der Waals surface area (Å²) in [5, 5.41) is 3.65. The van der Waals surface area contributed by atoms with Gasteiger partial charge in [0, 0.05) is 25.2 Å². The van der Waals surface area contributed by atoms with Gasteiger partial charge in [-0.3, -0.25) is 9.59 Å². The number of imidazole rings is 1. The Morgan fingerprint density at radius 1 is 1.07 bits per heavy atom. The van der Waals surface area contributed by atoms with E-state index in [1.807, 2.05) is 53.4 Å². The van der Waals surface area contributed by atoms with Crippen LogP contribution in [-0.4, -0.2) is 45.5 Å². The highest BCUT2D eigenvalue weighted by Crippen LogP contribution is 2.19. The Morgan fingerprint density at radius 2 is 1.82 bits per heavy atom. The minimum atomic E-state index is -0.0531. The summed E-state index contributed by atoms with van der Waals surface area (Å²) in [6, 6.07) is 15.3. The first kappa shape index (κ1) is 18.6. The lowest BCUT2D eigenvalue weighted by molar-refractivity contribution is -0.118. The third-order valence-corrected chi connectivity index (χ3v) is 5.66. The van der Waals surface area contributed by atoms with Crippen LogP contribution in [0.2, 0.25) is 0 Å². The molecule has 6 nitrogen and oxygen atoms in total. The maximum atomic E-state index is 12.4. The molecule has 2 N–H and O–H groups in total. The smallest absolute Gasteiger partial charge is 0.253 e. The first-order chi connectivity index (χ1) is 13.7. The number of nitrogens with zero attached hydrogens (tertiary/aromatic N) is 2. The summed E-state index contributed by atoms with van der Waals surface area (Å²) >= 11 is 1.38. The summed E-state index contributed by atoms with van der Waals surface area (Å²) in [4.78, 5) is 34.0. The Morgan fingerprint density at radius 3 is 2.57 bits per heavy atom. The van der Waals surface area contributed by atoms with Gasteiger partial charge in [-0.25, -0.2) is 4.98 Å². The van der Waals surface area contributed by atoms with Crippen LogP contribution in [0.4, 0.5) is 0 Å². The van der Waals surface area contributed by atoms with Gasteiger partial charge in [0.05, 0.1) is 16.8 Å². The fraction of sp³-hybridized carbons (Fsp3) is 0.286. The number of fused-ring (bicyclic) bond motifs is 1. The van der Waals surface area contributed by atoms with Crippen molar-refractivity contribution in [1.29, 1.82) is 0 Å². The summed E-state index contributed by atoms with van der Waals surface area (Å²) in [7, 11) is 0. The van der Waals surface area contributed by atoms with Gasteiger partial charge in [-0.1, -0.05) is 36.0 Å². The lowest BCUT2D eigenvalue weighted by Crippen LogP contribution is -2.27. The number of hydrogen-bond acceptors (Lipinski definition) is 4. The van der Waals surface area contributed by atoms with Crippen molar-refractivity contribution in [3.8, 4) is 0 Å². The van der Waals surface area contributed by atoms with Gasteiger partial charge in [0.2, 0.25) is 5.91 Å². The minimum absolute atomic E-state index is 0.0531. The molecule has 0 unspecified atom stereocenters. The monoisotopic (exact) mass is 394 g/mol. The Bertz CT molecular complexity index is 944. The molecule has 2 aromatic carbocycles. The Kier molecular flexibility index (Phi) is 5.62. The molecule has 7 heteroatoms. The maximum absolute atomic E-state index is 12.4. The molecule has 2 amide bonds. The van der Waals surface area contributed by atoms with E-state index in [0.717, 1.165) is 47.7 Å². The molecule has 1 aliphatic rings. The van der Waals surface area contributed by atoms with Gasteiger partial charge in [-0.15, -0.1) is 0 Å². The number of aromatic amines is 1. The van der Waals surface area contributed by atoms with Crippen LogP contribution >= 0.6 is 11.8 Å². The van der Waals surface area contributed by atoms with Crippen LogP contribution in [0.3, 0.4) is 0 Å². The van der Waals surface area contributed by atoms with Crippen LogP contribution in [0.1, 0.15) is 28.8 Å². The van der Waals surface area contributed by atoms with Gasteiger partial charge < -0.3 is 15.2 Å². The van der Waals surface area contributed by atoms with Crippen LogP contribution in [0, 0.1) is 0 Å². The van der Waals surface area contributed by atoms with Crippen molar-refractivity contribution >= 4 is 34.6 Å². The van der Waals surface area contributed by atoms with E-state index in [1.54, 1.807) is 0 Å². The number of carbonyl (C=O) groups excluding carboxylic acids is 2. The molecular formula is C21H22N4O2S. The van der Waals surface area contributed by atoms with Crippen LogP contribution < -0.4 is 5.32 Å². The molecule has 1 aromatic heterocycles. The molecule has 0 spiro atoms. The SMILES string of the molecule is O=C(CSc1nc2ccccc2[nH]1)NCc1ccc(C(=O)N2CCCC2)cc1. The summed E-state index contributed by atoms with van der Waals surface area (Å²) in [6.45, 7) is 2.14. The van der Waals surface area contributed by atoms with Crippen LogP contribution in [0.25, 0.3) is 11.0 Å². The molecule has 4 rings (SSSR count). The topological polar surface area (TPSA) is 78.1 Å². The van der Waals surface area contributed by atoms with Gasteiger partial charge in [0.15, 0.2) is 5.16 Å². The van der Waals surface area contributed by atoms with E-state index in [2.05, 4.69) is 15.3 Å². The number of hydrogen-bond donors (Lipinski definition) is 2. The van der Waals surface area contributed by atoms with Crippen molar-refractivity contribution in [2.75, 3.05) is 18.8 Å². The fourth-order valence-electron chi connectivity index (χ4n) is 3.25. The molecule has 3 aromatic rings. The van der Waals surface area contributed by atoms with Crippen LogP contribution in [0.15, 0.2) is 53.7 Å². The maximum Gasteiger partial charge on any atom is 0.253 e. The second-order valence-electron chi connectivity index (χ2n) is 6.82. The summed E-state index contributed by atoms with van der Waals surface area (Å²) < 4.78 is 0. The fourth-order valence-corrected chi connectivity index (χ4v) is 3.97. The van der Waals surface area contributed by atoms with Gasteiger partial charge >= 0.3 is 0 Å². The Labute approximate surface area is 167 Å². The zero-order valence-corrected chi connectivity index (χ0v) is 16.3. The number of aromatic nitrogens is 2. The molecule has 0 atom stereocenters. The zero-order valence-electron chi connectivity index (χ0n) is 15.5. The Balaban J connectivity index is 1.25. The highest BCUT2D eigenvalue weighted by atomic mass is 32.2. The number of H-pyrrole nitrogens is 1. The van der Waals surface area contributed by atoms with E-state index >= 15 is 0 Å². The van der Waals surface area contributed by atoms with E-state index in [9.17, 15) is 9.59 Å². The number of rotatable bonds is 6. The molecule has 144 valence electrons. The van der Waals surface area contributed by atoms with E-state index in [4.69, 9.17) is 0 Å². The molecule has 0 aliphatic carbocycles. The average Bonchev–Trinajstić information content (AvgIpc) is 3.40. The number of benzene rings is 2. The number of nitrogens with one attached hydrogen (secondary N) is 2. The van der Waals surface area contributed by atoms with Crippen molar-refractivity contribution < 1.29 is 9.59 Å². The molecular weight excluding hydrogens is 372 g/mol. The molecule has 0 radical (unpaired) electrons. The second-order valence-corrected chi connectivity index (χ2v) is 7.78. The van der Waals surface area contributed by atoms with Gasteiger partial charge in [-0.2, -0.15) is 0 Å². The van der Waals surface area contributed by atoms with Crippen molar-refractivity contribution in [1.82, 2.24) is 20.2 Å². The van der Waals surface area contributed by atoms with Crippen LogP contribution in [0.5, 0.6) is 0 Å². The second kappa shape index (κ2) is 8.48. The first-order valence-corrected chi connectivity index (χ1v) is 10.4. The van der Waals surface area contributed by atoms with Gasteiger partial charge in [-0.05, 0) is 42.7 Å². The quantitative estimate of drug-likeness (QED) is 0.630. The lowest BCUT2D eigenvalue weighted by atomic mass is 10.1. The summed E-state index contributed by atoms with van der Waals surface area (Å²) in [5.74, 6) is 0.337. The third kappa shape index (κ3) is 4.36. The molecule has 2 heterocycles. The van der Waals surface area contributed by atoms with E-state index in [-0.39, 0.29) is 11.8 Å². The minimum Gasteiger partial charge on any atom is -0.351 e. The number of thioether (sulfide) groups is 1. The number of likely N-dealkylation sites (tertiary alicyclic amines) is 1. The molecule has 1 fully saturated rings. The number of amides is 2. The highest BCUT2D eigenvalue weighted by molar-refractivity contribution is 7.99. The predicted octanol–water partition coefficient (Wildman–Crippen LogP) is 3.21. The van der Waals surface area contributed by atoms with Gasteiger partial charge in [0.1, 0.15) is 0 Å². The molecule has 28 heavy (non-hydrogen) atoms.